The summed E-state index contributed by atoms with van der Waals surface area (Å²) >= 11 is 7.13. The summed E-state index contributed by atoms with van der Waals surface area (Å²) in [7, 11) is -4.01. The van der Waals surface area contributed by atoms with Crippen molar-refractivity contribution < 1.29 is 12.8 Å². The molecule has 3 N–H and O–H groups in total. The van der Waals surface area contributed by atoms with Crippen molar-refractivity contribution >= 4 is 38.6 Å². The molecular formula is C13H14ClFN2O2S2. The maximum atomic E-state index is 13.9. The molecule has 0 saturated heterocycles. The Morgan fingerprint density at radius 1 is 1.33 bits per heavy atom. The zero-order chi connectivity index (χ0) is 15.6. The van der Waals surface area contributed by atoms with E-state index in [4.69, 9.17) is 17.3 Å². The summed E-state index contributed by atoms with van der Waals surface area (Å²) in [5.41, 5.74) is 5.60. The Morgan fingerprint density at radius 3 is 2.62 bits per heavy atom. The number of rotatable bonds is 5. The maximum Gasteiger partial charge on any atom is 0.243 e. The van der Waals surface area contributed by atoms with Gasteiger partial charge in [0, 0.05) is 22.0 Å². The highest BCUT2D eigenvalue weighted by atomic mass is 35.5. The van der Waals surface area contributed by atoms with Crippen LogP contribution in [0.25, 0.3) is 0 Å². The van der Waals surface area contributed by atoms with Crippen molar-refractivity contribution in [2.75, 3.05) is 5.73 Å². The van der Waals surface area contributed by atoms with E-state index in [1.807, 2.05) is 19.1 Å². The third kappa shape index (κ3) is 3.74. The Labute approximate surface area is 131 Å². The van der Waals surface area contributed by atoms with E-state index in [0.717, 1.165) is 22.2 Å². The first-order chi connectivity index (χ1) is 9.83. The van der Waals surface area contributed by atoms with E-state index in [0.29, 0.717) is 0 Å². The van der Waals surface area contributed by atoms with Crippen LogP contribution in [-0.2, 0) is 23.0 Å². The number of aryl methyl sites for hydroxylation is 1. The van der Waals surface area contributed by atoms with Crippen LogP contribution in [0.2, 0.25) is 5.02 Å². The van der Waals surface area contributed by atoms with Crippen LogP contribution >= 0.6 is 22.9 Å². The van der Waals surface area contributed by atoms with Gasteiger partial charge in [-0.1, -0.05) is 18.5 Å². The van der Waals surface area contributed by atoms with Crippen molar-refractivity contribution in [2.24, 2.45) is 0 Å². The molecule has 0 aliphatic carbocycles. The number of nitrogens with one attached hydrogen (secondary N) is 1. The van der Waals surface area contributed by atoms with Crippen LogP contribution in [-0.4, -0.2) is 8.42 Å². The lowest BCUT2D eigenvalue weighted by atomic mass is 10.3. The molecule has 0 aliphatic rings. The third-order valence-corrected chi connectivity index (χ3v) is 5.71. The summed E-state index contributed by atoms with van der Waals surface area (Å²) in [6, 6.07) is 6.00. The minimum absolute atomic E-state index is 0.0890. The summed E-state index contributed by atoms with van der Waals surface area (Å²) in [6.07, 6.45) is 0.886. The lowest BCUT2D eigenvalue weighted by Gasteiger charge is -2.08. The second kappa shape index (κ2) is 6.31. The molecule has 1 aromatic carbocycles. The molecule has 114 valence electrons. The molecule has 21 heavy (non-hydrogen) atoms. The topological polar surface area (TPSA) is 72.2 Å². The number of hydrogen-bond acceptors (Lipinski definition) is 4. The Hall–Kier alpha value is -1.15. The lowest BCUT2D eigenvalue weighted by Crippen LogP contribution is -2.24. The van der Waals surface area contributed by atoms with Gasteiger partial charge in [0.2, 0.25) is 10.0 Å². The standard InChI is InChI=1S/C13H14ClFN2O2S2/c1-2-9-3-4-10(20-9)7-17-21(18,19)12-6-8(16)5-11(14)13(12)15/h3-6,17H,2,7,16H2,1H3. The average Bonchev–Trinajstić information content (AvgIpc) is 2.88. The van der Waals surface area contributed by atoms with Crippen LogP contribution in [0.1, 0.15) is 16.7 Å². The first-order valence-electron chi connectivity index (χ1n) is 6.15. The van der Waals surface area contributed by atoms with Gasteiger partial charge in [-0.05, 0) is 30.7 Å². The molecule has 2 rings (SSSR count). The van der Waals surface area contributed by atoms with Crippen LogP contribution in [0, 0.1) is 5.82 Å². The molecular weight excluding hydrogens is 335 g/mol. The summed E-state index contributed by atoms with van der Waals surface area (Å²) in [4.78, 5) is 1.47. The fourth-order valence-electron chi connectivity index (χ4n) is 1.73. The molecule has 1 aromatic heterocycles. The molecule has 0 radical (unpaired) electrons. The first-order valence-corrected chi connectivity index (χ1v) is 8.83. The van der Waals surface area contributed by atoms with E-state index < -0.39 is 20.7 Å². The number of benzene rings is 1. The van der Waals surface area contributed by atoms with E-state index in [1.165, 1.54) is 17.4 Å². The smallest absolute Gasteiger partial charge is 0.243 e. The minimum atomic E-state index is -4.01. The molecule has 0 fully saturated rings. The number of anilines is 1. The Morgan fingerprint density at radius 2 is 2.00 bits per heavy atom. The minimum Gasteiger partial charge on any atom is -0.399 e. The van der Waals surface area contributed by atoms with Crippen LogP contribution in [0.5, 0.6) is 0 Å². The zero-order valence-corrected chi connectivity index (χ0v) is 13.6. The van der Waals surface area contributed by atoms with Gasteiger partial charge in [0.15, 0.2) is 5.82 Å². The SMILES string of the molecule is CCc1ccc(CNS(=O)(=O)c2cc(N)cc(Cl)c2F)s1. The van der Waals surface area contributed by atoms with Gasteiger partial charge in [-0.3, -0.25) is 0 Å². The average molecular weight is 349 g/mol. The molecule has 0 spiro atoms. The fraction of sp³-hybridized carbons (Fsp3) is 0.231. The summed E-state index contributed by atoms with van der Waals surface area (Å²) in [5, 5.41) is -0.320. The van der Waals surface area contributed by atoms with Gasteiger partial charge in [-0.2, -0.15) is 0 Å². The fourth-order valence-corrected chi connectivity index (χ4v) is 4.14. The van der Waals surface area contributed by atoms with Gasteiger partial charge in [0.05, 0.1) is 5.02 Å². The van der Waals surface area contributed by atoms with Gasteiger partial charge in [-0.25, -0.2) is 17.5 Å². The van der Waals surface area contributed by atoms with E-state index in [2.05, 4.69) is 4.72 Å². The van der Waals surface area contributed by atoms with Crippen LogP contribution < -0.4 is 10.5 Å². The number of nitrogens with two attached hydrogens (primary N) is 1. The number of sulfonamides is 1. The molecule has 1 heterocycles. The van der Waals surface area contributed by atoms with Crippen LogP contribution in [0.15, 0.2) is 29.2 Å². The summed E-state index contributed by atoms with van der Waals surface area (Å²) in [6.45, 7) is 2.11. The third-order valence-electron chi connectivity index (χ3n) is 2.81. The Kier molecular flexibility index (Phi) is 4.88. The number of thiophene rings is 1. The molecule has 0 unspecified atom stereocenters. The number of hydrogen-bond donors (Lipinski definition) is 2. The molecule has 0 bridgehead atoms. The zero-order valence-electron chi connectivity index (χ0n) is 11.2. The molecule has 0 saturated carbocycles. The lowest BCUT2D eigenvalue weighted by molar-refractivity contribution is 0.557. The molecule has 8 heteroatoms. The predicted octanol–water partition coefficient (Wildman–Crippen LogP) is 3.16. The normalized spacial score (nSPS) is 11.8. The van der Waals surface area contributed by atoms with Crippen molar-refractivity contribution in [3.05, 3.63) is 44.9 Å². The van der Waals surface area contributed by atoms with Gasteiger partial charge in [0.25, 0.3) is 0 Å². The van der Waals surface area contributed by atoms with Gasteiger partial charge < -0.3 is 5.73 Å². The molecule has 0 amide bonds. The highest BCUT2D eigenvalue weighted by Crippen LogP contribution is 2.26. The quantitative estimate of drug-likeness (QED) is 0.815. The van der Waals surface area contributed by atoms with Crippen molar-refractivity contribution in [1.29, 1.82) is 0 Å². The highest BCUT2D eigenvalue weighted by molar-refractivity contribution is 7.89. The predicted molar refractivity (Wildman–Crippen MR) is 83.5 cm³/mol. The van der Waals surface area contributed by atoms with E-state index in [-0.39, 0.29) is 17.3 Å². The van der Waals surface area contributed by atoms with Gasteiger partial charge in [0.1, 0.15) is 4.90 Å². The van der Waals surface area contributed by atoms with Crippen molar-refractivity contribution in [1.82, 2.24) is 4.72 Å². The number of nitrogen functional groups attached to an aromatic ring is 1. The maximum absolute atomic E-state index is 13.9. The number of halogens is 2. The Bertz CT molecular complexity index is 760. The van der Waals surface area contributed by atoms with E-state index >= 15 is 0 Å². The van der Waals surface area contributed by atoms with Gasteiger partial charge >= 0.3 is 0 Å². The largest absolute Gasteiger partial charge is 0.399 e. The van der Waals surface area contributed by atoms with Crippen molar-refractivity contribution in [3.8, 4) is 0 Å². The van der Waals surface area contributed by atoms with E-state index in [1.54, 1.807) is 0 Å². The monoisotopic (exact) mass is 348 g/mol. The van der Waals surface area contributed by atoms with Crippen LogP contribution in [0.4, 0.5) is 10.1 Å². The summed E-state index contributed by atoms with van der Waals surface area (Å²) in [5.74, 6) is -1.00. The van der Waals surface area contributed by atoms with Crippen LogP contribution in [0.3, 0.4) is 0 Å². The molecule has 0 atom stereocenters. The molecule has 2 aromatic rings. The molecule has 4 nitrogen and oxygen atoms in total. The van der Waals surface area contributed by atoms with E-state index in [9.17, 15) is 12.8 Å². The van der Waals surface area contributed by atoms with Crippen molar-refractivity contribution in [2.45, 2.75) is 24.8 Å². The second-order valence-electron chi connectivity index (χ2n) is 4.36. The molecule has 0 aliphatic heterocycles. The second-order valence-corrected chi connectivity index (χ2v) is 7.76. The van der Waals surface area contributed by atoms with Gasteiger partial charge in [-0.15, -0.1) is 11.3 Å². The van der Waals surface area contributed by atoms with Crippen molar-refractivity contribution in [3.63, 3.8) is 0 Å². The Balaban J connectivity index is 2.22. The summed E-state index contributed by atoms with van der Waals surface area (Å²) < 4.78 is 40.5. The first kappa shape index (κ1) is 16.2. The highest BCUT2D eigenvalue weighted by Gasteiger charge is 2.22.